The van der Waals surface area contributed by atoms with E-state index in [1.54, 1.807) is 11.1 Å². The second kappa shape index (κ2) is 4.02. The van der Waals surface area contributed by atoms with Crippen molar-refractivity contribution in [3.05, 3.63) is 28.8 Å². The second-order valence-corrected chi connectivity index (χ2v) is 7.92. The molecule has 0 amide bonds. The number of phenolic OH excluding ortho intramolecular Hbond substituents is 1. The fraction of sp³-hybridized carbons (Fsp3) is 0.684. The van der Waals surface area contributed by atoms with Gasteiger partial charge in [0.25, 0.3) is 0 Å². The zero-order valence-electron chi connectivity index (χ0n) is 12.8. The van der Waals surface area contributed by atoms with Gasteiger partial charge >= 0.3 is 0 Å². The summed E-state index contributed by atoms with van der Waals surface area (Å²) >= 11 is 0. The molecule has 1 aromatic carbocycles. The van der Waals surface area contributed by atoms with Gasteiger partial charge in [0.1, 0.15) is 5.75 Å². The number of rotatable bonds is 2. The van der Waals surface area contributed by atoms with E-state index in [-0.39, 0.29) is 0 Å². The van der Waals surface area contributed by atoms with Crippen molar-refractivity contribution in [2.75, 3.05) is 0 Å². The molecule has 0 aliphatic heterocycles. The van der Waals surface area contributed by atoms with E-state index in [9.17, 15) is 5.11 Å². The third-order valence-electron chi connectivity index (χ3n) is 6.55. The number of hydrogen-bond acceptors (Lipinski definition) is 1. The Morgan fingerprint density at radius 1 is 1.35 bits per heavy atom. The van der Waals surface area contributed by atoms with Gasteiger partial charge in [0.15, 0.2) is 0 Å². The summed E-state index contributed by atoms with van der Waals surface area (Å²) in [5.41, 5.74) is 5.32. The van der Waals surface area contributed by atoms with Gasteiger partial charge in [0, 0.05) is 0 Å². The number of fused-ring (bicyclic) bond motifs is 3. The maximum absolute atomic E-state index is 10.3. The number of hydrogen-bond donors (Lipinski definition) is 1. The van der Waals surface area contributed by atoms with Gasteiger partial charge in [0.2, 0.25) is 0 Å². The lowest BCUT2D eigenvalue weighted by atomic mass is 9.64. The first-order chi connectivity index (χ1) is 9.58. The molecule has 0 radical (unpaired) electrons. The van der Waals surface area contributed by atoms with Crippen LogP contribution in [0.5, 0.6) is 5.75 Å². The van der Waals surface area contributed by atoms with Gasteiger partial charge in [-0.1, -0.05) is 32.8 Å². The first kappa shape index (κ1) is 12.7. The highest BCUT2D eigenvalue weighted by Crippen LogP contribution is 2.66. The Bertz CT molecular complexity index is 561. The maximum Gasteiger partial charge on any atom is 0.119 e. The monoisotopic (exact) mass is 270 g/mol. The molecule has 1 spiro atoms. The van der Waals surface area contributed by atoms with Crippen LogP contribution < -0.4 is 0 Å². The molecule has 2 fully saturated rings. The number of aromatic hydroxyl groups is 1. The Balaban J connectivity index is 1.89. The van der Waals surface area contributed by atoms with Crippen LogP contribution in [0.15, 0.2) is 12.1 Å². The third-order valence-corrected chi connectivity index (χ3v) is 6.55. The van der Waals surface area contributed by atoms with Gasteiger partial charge < -0.3 is 5.11 Å². The van der Waals surface area contributed by atoms with Crippen molar-refractivity contribution in [2.45, 2.75) is 70.6 Å². The minimum atomic E-state index is 0.335. The van der Waals surface area contributed by atoms with Gasteiger partial charge in [-0.15, -0.1) is 0 Å². The summed E-state index contributed by atoms with van der Waals surface area (Å²) in [5.74, 6) is 1.48. The minimum Gasteiger partial charge on any atom is -0.508 e. The molecule has 0 aromatic heterocycles. The first-order valence-electron chi connectivity index (χ1n) is 8.42. The molecular weight excluding hydrogens is 244 g/mol. The van der Waals surface area contributed by atoms with Crippen molar-refractivity contribution >= 4 is 0 Å². The van der Waals surface area contributed by atoms with E-state index in [2.05, 4.69) is 19.9 Å². The summed E-state index contributed by atoms with van der Waals surface area (Å²) in [6, 6.07) is 4.18. The van der Waals surface area contributed by atoms with E-state index in [1.165, 1.54) is 44.1 Å². The highest BCUT2D eigenvalue weighted by Gasteiger charge is 2.58. The van der Waals surface area contributed by atoms with Crippen LogP contribution in [-0.2, 0) is 18.3 Å². The molecule has 2 saturated carbocycles. The molecule has 3 atom stereocenters. The molecule has 0 saturated heterocycles. The van der Waals surface area contributed by atoms with E-state index in [4.69, 9.17) is 0 Å². The molecule has 2 bridgehead atoms. The quantitative estimate of drug-likeness (QED) is 0.823. The lowest BCUT2D eigenvalue weighted by molar-refractivity contribution is 0.221. The fourth-order valence-electron chi connectivity index (χ4n) is 6.11. The Morgan fingerprint density at radius 2 is 2.20 bits per heavy atom. The molecule has 0 heterocycles. The minimum absolute atomic E-state index is 0.335. The fourth-order valence-corrected chi connectivity index (χ4v) is 6.11. The average Bonchev–Trinajstić information content (AvgIpc) is 2.84. The highest BCUT2D eigenvalue weighted by atomic mass is 16.3. The normalized spacial score (nSPS) is 37.8. The Hall–Kier alpha value is -0.980. The molecule has 3 aliphatic rings. The maximum atomic E-state index is 10.3. The van der Waals surface area contributed by atoms with Crippen molar-refractivity contribution in [2.24, 2.45) is 11.3 Å². The topological polar surface area (TPSA) is 20.2 Å². The van der Waals surface area contributed by atoms with Gasteiger partial charge in [0.05, 0.1) is 0 Å². The molecule has 4 rings (SSSR count). The van der Waals surface area contributed by atoms with Crippen LogP contribution in [-0.4, -0.2) is 5.11 Å². The Morgan fingerprint density at radius 3 is 3.00 bits per heavy atom. The van der Waals surface area contributed by atoms with Crippen LogP contribution in [0.3, 0.4) is 0 Å². The van der Waals surface area contributed by atoms with Crippen molar-refractivity contribution in [3.8, 4) is 5.75 Å². The molecule has 3 aliphatic carbocycles. The van der Waals surface area contributed by atoms with Crippen LogP contribution in [0, 0.1) is 11.3 Å². The van der Waals surface area contributed by atoms with Crippen molar-refractivity contribution in [1.29, 1.82) is 0 Å². The van der Waals surface area contributed by atoms with Gasteiger partial charge in [-0.2, -0.15) is 0 Å². The molecule has 1 N–H and O–H groups in total. The van der Waals surface area contributed by atoms with E-state index < -0.39 is 0 Å². The molecule has 108 valence electrons. The van der Waals surface area contributed by atoms with Gasteiger partial charge in [-0.3, -0.25) is 0 Å². The van der Waals surface area contributed by atoms with Crippen LogP contribution in [0.25, 0.3) is 0 Å². The number of phenols is 1. The smallest absolute Gasteiger partial charge is 0.119 e. The van der Waals surface area contributed by atoms with E-state index in [1.807, 2.05) is 6.07 Å². The standard InChI is InChI=1S/C19H26O/c1-3-5-15-16(20)8-7-13-10-19-9-4-6-14(19)11-18(2,12-19)17(13)15/h7-8,14,20H,3-6,9-12H2,1-2H3. The van der Waals surface area contributed by atoms with Crippen LogP contribution in [0.1, 0.15) is 69.1 Å². The second-order valence-electron chi connectivity index (χ2n) is 7.92. The van der Waals surface area contributed by atoms with E-state index >= 15 is 0 Å². The zero-order valence-corrected chi connectivity index (χ0v) is 12.8. The molecule has 1 heteroatoms. The van der Waals surface area contributed by atoms with Gasteiger partial charge in [-0.25, -0.2) is 0 Å². The average molecular weight is 270 g/mol. The molecule has 3 unspecified atom stereocenters. The van der Waals surface area contributed by atoms with Gasteiger partial charge in [-0.05, 0) is 78.0 Å². The summed E-state index contributed by atoms with van der Waals surface area (Å²) in [6.45, 7) is 4.69. The first-order valence-corrected chi connectivity index (χ1v) is 8.42. The van der Waals surface area contributed by atoms with Crippen molar-refractivity contribution in [3.63, 3.8) is 0 Å². The molecule has 1 aromatic rings. The Kier molecular flexibility index (Phi) is 2.56. The lowest BCUT2D eigenvalue weighted by Crippen LogP contribution is -2.33. The summed E-state index contributed by atoms with van der Waals surface area (Å²) in [4.78, 5) is 0. The van der Waals surface area contributed by atoms with E-state index in [0.29, 0.717) is 16.6 Å². The molecule has 1 nitrogen and oxygen atoms in total. The predicted molar refractivity (Wildman–Crippen MR) is 82.2 cm³/mol. The molecular formula is C19H26O. The summed E-state index contributed by atoms with van der Waals surface area (Å²) < 4.78 is 0. The lowest BCUT2D eigenvalue weighted by Gasteiger charge is -2.40. The number of benzene rings is 1. The van der Waals surface area contributed by atoms with Crippen LogP contribution in [0.2, 0.25) is 0 Å². The Labute approximate surface area is 122 Å². The highest BCUT2D eigenvalue weighted by molar-refractivity contribution is 5.52. The summed E-state index contributed by atoms with van der Waals surface area (Å²) in [5, 5.41) is 10.3. The van der Waals surface area contributed by atoms with Crippen molar-refractivity contribution < 1.29 is 5.11 Å². The largest absolute Gasteiger partial charge is 0.508 e. The summed E-state index contributed by atoms with van der Waals surface area (Å²) in [7, 11) is 0. The van der Waals surface area contributed by atoms with Crippen molar-refractivity contribution in [1.82, 2.24) is 0 Å². The SMILES string of the molecule is CCCc1c(O)ccc2c1C1(C)CC3CCCC3(C2)C1. The molecule has 20 heavy (non-hydrogen) atoms. The third kappa shape index (κ3) is 1.50. The summed E-state index contributed by atoms with van der Waals surface area (Å²) in [6.07, 6.45) is 10.5. The van der Waals surface area contributed by atoms with Crippen LogP contribution in [0.4, 0.5) is 0 Å². The zero-order chi connectivity index (χ0) is 14.0. The van der Waals surface area contributed by atoms with E-state index in [0.717, 1.165) is 18.8 Å². The predicted octanol–water partition coefficient (Wildman–Crippen LogP) is 4.74. The van der Waals surface area contributed by atoms with Crippen LogP contribution >= 0.6 is 0 Å².